The maximum Gasteiger partial charge on any atom is 0.282 e. The molecule has 7 nitrogen and oxygen atoms in total. The number of rotatable bonds is 7. The Labute approximate surface area is 256 Å². The van der Waals surface area contributed by atoms with E-state index in [4.69, 9.17) is 30.5 Å². The number of furan rings is 1. The molecule has 0 aliphatic heterocycles. The van der Waals surface area contributed by atoms with E-state index in [1.807, 2.05) is 60.7 Å². The predicted molar refractivity (Wildman–Crippen MR) is 168 cm³/mol. The standard InChI is InChI=1S/C31H20Br2ClN3O4/c1-39-26-7-4-8-27-22(26)15-28(41-27)30-36-25-6-3-2-5-21(25)31(38)37(30)35-16-19-13-23(32)29(24(33)14-19)40-17-18-9-11-20(34)12-10-18/h2-16H,17H2,1H3. The van der Waals surface area contributed by atoms with Gasteiger partial charge in [0, 0.05) is 5.02 Å². The second-order valence-electron chi connectivity index (χ2n) is 9.03. The number of para-hydroxylation sites is 1. The third-order valence-corrected chi connectivity index (χ3v) is 7.78. The Hall–Kier alpha value is -3.92. The molecule has 6 rings (SSSR count). The number of benzene rings is 4. The first-order valence-electron chi connectivity index (χ1n) is 12.4. The lowest BCUT2D eigenvalue weighted by molar-refractivity contribution is 0.302. The molecule has 0 N–H and O–H groups in total. The zero-order valence-electron chi connectivity index (χ0n) is 21.5. The van der Waals surface area contributed by atoms with Gasteiger partial charge in [0.15, 0.2) is 5.76 Å². The van der Waals surface area contributed by atoms with Crippen molar-refractivity contribution in [3.8, 4) is 23.1 Å². The van der Waals surface area contributed by atoms with Gasteiger partial charge in [0.05, 0.1) is 38.6 Å². The number of hydrogen-bond donors (Lipinski definition) is 0. The zero-order valence-corrected chi connectivity index (χ0v) is 25.4. The van der Waals surface area contributed by atoms with Crippen molar-refractivity contribution < 1.29 is 13.9 Å². The van der Waals surface area contributed by atoms with Gasteiger partial charge >= 0.3 is 0 Å². The van der Waals surface area contributed by atoms with Gasteiger partial charge in [0.1, 0.15) is 23.7 Å². The summed E-state index contributed by atoms with van der Waals surface area (Å²) in [6, 6.07) is 25.6. The lowest BCUT2D eigenvalue weighted by atomic mass is 10.2. The fourth-order valence-corrected chi connectivity index (χ4v) is 5.94. The summed E-state index contributed by atoms with van der Waals surface area (Å²) in [5.74, 6) is 1.95. The van der Waals surface area contributed by atoms with Crippen molar-refractivity contribution in [1.29, 1.82) is 0 Å². The van der Waals surface area contributed by atoms with Crippen LogP contribution in [0.4, 0.5) is 0 Å². The van der Waals surface area contributed by atoms with E-state index in [1.165, 1.54) is 4.68 Å². The topological polar surface area (TPSA) is 78.9 Å². The van der Waals surface area contributed by atoms with Crippen LogP contribution in [0, 0.1) is 0 Å². The molecule has 0 spiro atoms. The fourth-order valence-electron chi connectivity index (χ4n) is 4.37. The largest absolute Gasteiger partial charge is 0.496 e. The van der Waals surface area contributed by atoms with Crippen LogP contribution < -0.4 is 15.0 Å². The van der Waals surface area contributed by atoms with Crippen molar-refractivity contribution >= 4 is 71.5 Å². The van der Waals surface area contributed by atoms with Crippen LogP contribution in [0.3, 0.4) is 0 Å². The van der Waals surface area contributed by atoms with Gasteiger partial charge in [-0.25, -0.2) is 4.98 Å². The van der Waals surface area contributed by atoms with Gasteiger partial charge in [-0.2, -0.15) is 9.78 Å². The van der Waals surface area contributed by atoms with Crippen LogP contribution in [0.25, 0.3) is 33.5 Å². The lowest BCUT2D eigenvalue weighted by Crippen LogP contribution is -2.20. The van der Waals surface area contributed by atoms with E-state index in [9.17, 15) is 4.79 Å². The summed E-state index contributed by atoms with van der Waals surface area (Å²) < 4.78 is 20.3. The molecule has 0 atom stereocenters. The van der Waals surface area contributed by atoms with Gasteiger partial charge in [-0.15, -0.1) is 0 Å². The Morgan fingerprint density at radius 3 is 2.49 bits per heavy atom. The van der Waals surface area contributed by atoms with Crippen LogP contribution in [0.2, 0.25) is 5.02 Å². The zero-order chi connectivity index (χ0) is 28.5. The first-order chi connectivity index (χ1) is 19.9. The van der Waals surface area contributed by atoms with Crippen molar-refractivity contribution in [1.82, 2.24) is 9.66 Å². The van der Waals surface area contributed by atoms with Crippen LogP contribution in [0.15, 0.2) is 108 Å². The summed E-state index contributed by atoms with van der Waals surface area (Å²) in [6.45, 7) is 0.367. The highest BCUT2D eigenvalue weighted by molar-refractivity contribution is 9.11. The number of fused-ring (bicyclic) bond motifs is 2. The smallest absolute Gasteiger partial charge is 0.282 e. The Balaban J connectivity index is 1.38. The SMILES string of the molecule is COc1cccc2oc(-c3nc4ccccc4c(=O)n3N=Cc3cc(Br)c(OCc4ccc(Cl)cc4)c(Br)c3)cc12. The maximum absolute atomic E-state index is 13.6. The Kier molecular flexibility index (Phi) is 7.66. The molecule has 2 aromatic heterocycles. The monoisotopic (exact) mass is 691 g/mol. The van der Waals surface area contributed by atoms with Crippen LogP contribution in [0.1, 0.15) is 11.1 Å². The van der Waals surface area contributed by atoms with Crippen molar-refractivity contribution in [2.45, 2.75) is 6.61 Å². The molecule has 204 valence electrons. The molecule has 41 heavy (non-hydrogen) atoms. The average molecular weight is 694 g/mol. The van der Waals surface area contributed by atoms with Crippen molar-refractivity contribution in [2.24, 2.45) is 5.10 Å². The quantitative estimate of drug-likeness (QED) is 0.157. The van der Waals surface area contributed by atoms with Gasteiger partial charge in [-0.3, -0.25) is 4.79 Å². The van der Waals surface area contributed by atoms with Gasteiger partial charge in [0.2, 0.25) is 5.82 Å². The molecule has 6 aromatic rings. The second-order valence-corrected chi connectivity index (χ2v) is 11.2. The first kappa shape index (κ1) is 27.3. The summed E-state index contributed by atoms with van der Waals surface area (Å²) in [6.07, 6.45) is 1.59. The minimum Gasteiger partial charge on any atom is -0.496 e. The summed E-state index contributed by atoms with van der Waals surface area (Å²) >= 11 is 13.2. The minimum atomic E-state index is -0.324. The highest BCUT2D eigenvalue weighted by atomic mass is 79.9. The van der Waals surface area contributed by atoms with E-state index in [0.717, 1.165) is 25.5 Å². The molecule has 2 heterocycles. The van der Waals surface area contributed by atoms with E-state index in [2.05, 4.69) is 37.0 Å². The molecule has 0 aliphatic carbocycles. The predicted octanol–water partition coefficient (Wildman–Crippen LogP) is 8.46. The van der Waals surface area contributed by atoms with Crippen LogP contribution in [-0.2, 0) is 6.61 Å². The molecule has 0 bridgehead atoms. The van der Waals surface area contributed by atoms with E-state index < -0.39 is 0 Å². The maximum atomic E-state index is 13.6. The molecular formula is C31H20Br2ClN3O4. The molecule has 0 saturated carbocycles. The molecule has 0 amide bonds. The fraction of sp³-hybridized carbons (Fsp3) is 0.0645. The van der Waals surface area contributed by atoms with Crippen molar-refractivity contribution in [3.63, 3.8) is 0 Å². The summed E-state index contributed by atoms with van der Waals surface area (Å²) in [5, 5.41) is 6.44. The normalized spacial score (nSPS) is 11.5. The number of aromatic nitrogens is 2. The third kappa shape index (κ3) is 5.53. The van der Waals surface area contributed by atoms with E-state index in [1.54, 1.807) is 37.6 Å². The molecule has 0 unspecified atom stereocenters. The molecule has 0 aliphatic rings. The van der Waals surface area contributed by atoms with E-state index >= 15 is 0 Å². The van der Waals surface area contributed by atoms with Crippen molar-refractivity contribution in [2.75, 3.05) is 7.11 Å². The molecule has 10 heteroatoms. The third-order valence-electron chi connectivity index (χ3n) is 6.35. The van der Waals surface area contributed by atoms with E-state index in [-0.39, 0.29) is 11.4 Å². The number of halogens is 3. The van der Waals surface area contributed by atoms with Crippen LogP contribution >= 0.6 is 43.5 Å². The van der Waals surface area contributed by atoms with Gasteiger partial charge < -0.3 is 13.9 Å². The highest BCUT2D eigenvalue weighted by Gasteiger charge is 2.18. The Morgan fingerprint density at radius 2 is 1.73 bits per heavy atom. The molecule has 0 saturated heterocycles. The first-order valence-corrected chi connectivity index (χ1v) is 14.4. The van der Waals surface area contributed by atoms with Crippen molar-refractivity contribution in [3.05, 3.63) is 120 Å². The Morgan fingerprint density at radius 1 is 0.976 bits per heavy atom. The number of hydrogen-bond acceptors (Lipinski definition) is 6. The Bertz CT molecular complexity index is 1980. The minimum absolute atomic E-state index is 0.268. The average Bonchev–Trinajstić information content (AvgIpc) is 3.42. The summed E-state index contributed by atoms with van der Waals surface area (Å²) in [4.78, 5) is 18.4. The van der Waals surface area contributed by atoms with E-state index in [0.29, 0.717) is 45.4 Å². The lowest BCUT2D eigenvalue weighted by Gasteiger charge is -2.12. The van der Waals surface area contributed by atoms with Crippen LogP contribution in [0.5, 0.6) is 11.5 Å². The number of nitrogens with zero attached hydrogens (tertiary/aromatic N) is 3. The summed E-state index contributed by atoms with van der Waals surface area (Å²) in [7, 11) is 1.60. The summed E-state index contributed by atoms with van der Waals surface area (Å²) in [5.41, 5.74) is 2.53. The number of methoxy groups -OCH3 is 1. The molecule has 4 aromatic carbocycles. The second kappa shape index (κ2) is 11.5. The van der Waals surface area contributed by atoms with Gasteiger partial charge in [-0.1, -0.05) is 41.9 Å². The molecule has 0 fully saturated rings. The highest BCUT2D eigenvalue weighted by Crippen LogP contribution is 2.36. The molecular weight excluding hydrogens is 674 g/mol. The van der Waals surface area contributed by atoms with Crippen LogP contribution in [-0.4, -0.2) is 23.0 Å². The molecule has 0 radical (unpaired) electrons. The van der Waals surface area contributed by atoms with Gasteiger partial charge in [-0.05, 0) is 97.6 Å². The number of ether oxygens (including phenoxy) is 2. The van der Waals surface area contributed by atoms with Gasteiger partial charge in [0.25, 0.3) is 5.56 Å².